The number of hydrogen-bond donors (Lipinski definition) is 0. The third-order valence-corrected chi connectivity index (χ3v) is 5.84. The molecule has 1 spiro atoms. The third kappa shape index (κ3) is 3.16. The largest absolute Gasteiger partial charge is 0.487 e. The molecule has 2 heterocycles. The molecule has 4 rings (SSSR count). The Morgan fingerprint density at radius 1 is 1.11 bits per heavy atom. The zero-order valence-corrected chi connectivity index (χ0v) is 15.3. The standard InChI is InChI=1S/C21H22N2O4/c1-15-17(6-4-7-18(15)23(25)26)20(24)22-13-11-21(12-14-22)10-9-16-5-2-3-8-19(16)27-21/h2-8H,9-14H2,1H3. The predicted octanol–water partition coefficient (Wildman–Crippen LogP) is 3.90. The SMILES string of the molecule is Cc1c(C(=O)N2CCC3(CCc4ccccc4O3)CC2)cccc1[N+](=O)[O-]. The average Bonchev–Trinajstić information content (AvgIpc) is 2.68. The van der Waals surface area contributed by atoms with Crippen LogP contribution >= 0.6 is 0 Å². The summed E-state index contributed by atoms with van der Waals surface area (Å²) in [4.78, 5) is 25.4. The molecule has 0 saturated carbocycles. The Morgan fingerprint density at radius 3 is 2.59 bits per heavy atom. The number of hydrogen-bond acceptors (Lipinski definition) is 4. The van der Waals surface area contributed by atoms with Crippen molar-refractivity contribution in [3.05, 3.63) is 69.3 Å². The Hall–Kier alpha value is -2.89. The van der Waals surface area contributed by atoms with Crippen LogP contribution in [0.2, 0.25) is 0 Å². The van der Waals surface area contributed by atoms with Crippen molar-refractivity contribution >= 4 is 11.6 Å². The summed E-state index contributed by atoms with van der Waals surface area (Å²) < 4.78 is 6.34. The minimum atomic E-state index is -0.440. The molecule has 6 heteroatoms. The van der Waals surface area contributed by atoms with Gasteiger partial charge >= 0.3 is 0 Å². The number of nitro groups is 1. The fourth-order valence-electron chi connectivity index (χ4n) is 4.15. The summed E-state index contributed by atoms with van der Waals surface area (Å²) in [6.45, 7) is 2.84. The first kappa shape index (κ1) is 17.5. The number of nitrogens with zero attached hydrogens (tertiary/aromatic N) is 2. The van der Waals surface area contributed by atoms with E-state index in [0.29, 0.717) is 24.2 Å². The summed E-state index contributed by atoms with van der Waals surface area (Å²) in [6, 6.07) is 12.8. The maximum absolute atomic E-state index is 12.9. The number of benzene rings is 2. The van der Waals surface area contributed by atoms with Gasteiger partial charge in [0.25, 0.3) is 11.6 Å². The molecule has 27 heavy (non-hydrogen) atoms. The second-order valence-electron chi connectivity index (χ2n) is 7.39. The second-order valence-corrected chi connectivity index (χ2v) is 7.39. The normalized spacial score (nSPS) is 17.9. The van der Waals surface area contributed by atoms with E-state index in [4.69, 9.17) is 4.74 Å². The van der Waals surface area contributed by atoms with Crippen LogP contribution in [0.1, 0.15) is 40.7 Å². The van der Waals surface area contributed by atoms with Crippen LogP contribution < -0.4 is 4.74 Å². The molecule has 2 aliphatic rings. The highest BCUT2D eigenvalue weighted by atomic mass is 16.6. The molecule has 0 radical (unpaired) electrons. The van der Waals surface area contributed by atoms with E-state index < -0.39 is 4.92 Å². The van der Waals surface area contributed by atoms with Gasteiger partial charge in [-0.3, -0.25) is 14.9 Å². The minimum Gasteiger partial charge on any atom is -0.487 e. The van der Waals surface area contributed by atoms with Crippen LogP contribution in [0, 0.1) is 17.0 Å². The van der Waals surface area contributed by atoms with E-state index in [2.05, 4.69) is 6.07 Å². The zero-order valence-electron chi connectivity index (χ0n) is 15.3. The number of rotatable bonds is 2. The van der Waals surface area contributed by atoms with Gasteiger partial charge in [-0.2, -0.15) is 0 Å². The maximum Gasteiger partial charge on any atom is 0.273 e. The lowest BCUT2D eigenvalue weighted by atomic mass is 9.83. The number of aryl methyl sites for hydroxylation is 1. The fourth-order valence-corrected chi connectivity index (χ4v) is 4.15. The first-order valence-electron chi connectivity index (χ1n) is 9.29. The van der Waals surface area contributed by atoms with E-state index in [9.17, 15) is 14.9 Å². The highest BCUT2D eigenvalue weighted by Gasteiger charge is 2.40. The number of carbonyl (C=O) groups is 1. The van der Waals surface area contributed by atoms with E-state index in [0.717, 1.165) is 31.4 Å². The molecule has 6 nitrogen and oxygen atoms in total. The summed E-state index contributed by atoms with van der Waals surface area (Å²) in [5.74, 6) is 0.820. The summed E-state index contributed by atoms with van der Waals surface area (Å²) in [7, 11) is 0. The van der Waals surface area contributed by atoms with Crippen LogP contribution in [0.15, 0.2) is 42.5 Å². The molecule has 0 aliphatic carbocycles. The Morgan fingerprint density at radius 2 is 1.85 bits per heavy atom. The lowest BCUT2D eigenvalue weighted by Crippen LogP contribution is -2.51. The van der Waals surface area contributed by atoms with Gasteiger partial charge < -0.3 is 9.64 Å². The molecule has 0 bridgehead atoms. The number of piperidine rings is 1. The molecular weight excluding hydrogens is 344 g/mol. The number of likely N-dealkylation sites (tertiary alicyclic amines) is 1. The molecule has 1 saturated heterocycles. The number of carbonyl (C=O) groups excluding carboxylic acids is 1. The quantitative estimate of drug-likeness (QED) is 0.597. The highest BCUT2D eigenvalue weighted by molar-refractivity contribution is 5.96. The van der Waals surface area contributed by atoms with Crippen LogP contribution in [0.5, 0.6) is 5.75 Å². The van der Waals surface area contributed by atoms with Crippen molar-refractivity contribution in [3.8, 4) is 5.75 Å². The van der Waals surface area contributed by atoms with Gasteiger partial charge in [-0.1, -0.05) is 24.3 Å². The molecule has 1 amide bonds. The van der Waals surface area contributed by atoms with E-state index in [1.165, 1.54) is 11.6 Å². The molecule has 2 aromatic rings. The van der Waals surface area contributed by atoms with Gasteiger partial charge in [0.05, 0.1) is 4.92 Å². The van der Waals surface area contributed by atoms with Crippen LogP contribution in [-0.4, -0.2) is 34.4 Å². The van der Waals surface area contributed by atoms with Crippen molar-refractivity contribution in [2.45, 2.75) is 38.2 Å². The summed E-state index contributed by atoms with van der Waals surface area (Å²) in [6.07, 6.45) is 3.51. The lowest BCUT2D eigenvalue weighted by Gasteiger charge is -2.44. The fraction of sp³-hybridized carbons (Fsp3) is 0.381. The van der Waals surface area contributed by atoms with E-state index in [1.54, 1.807) is 24.0 Å². The molecule has 0 aromatic heterocycles. The smallest absolute Gasteiger partial charge is 0.273 e. The van der Waals surface area contributed by atoms with Crippen molar-refractivity contribution < 1.29 is 14.5 Å². The summed E-state index contributed by atoms with van der Waals surface area (Å²) in [5.41, 5.74) is 1.86. The van der Waals surface area contributed by atoms with Gasteiger partial charge in [-0.15, -0.1) is 0 Å². The van der Waals surface area contributed by atoms with E-state index in [-0.39, 0.29) is 17.2 Å². The number of amides is 1. The average molecular weight is 366 g/mol. The number of ether oxygens (including phenoxy) is 1. The van der Waals surface area contributed by atoms with Crippen molar-refractivity contribution in [2.75, 3.05) is 13.1 Å². The lowest BCUT2D eigenvalue weighted by molar-refractivity contribution is -0.385. The number of nitro benzene ring substituents is 1. The van der Waals surface area contributed by atoms with Crippen molar-refractivity contribution in [3.63, 3.8) is 0 Å². The van der Waals surface area contributed by atoms with Gasteiger partial charge in [0.1, 0.15) is 11.4 Å². The van der Waals surface area contributed by atoms with Gasteiger partial charge in [0.15, 0.2) is 0 Å². The van der Waals surface area contributed by atoms with Gasteiger partial charge in [-0.05, 0) is 37.5 Å². The van der Waals surface area contributed by atoms with Crippen LogP contribution in [-0.2, 0) is 6.42 Å². The highest BCUT2D eigenvalue weighted by Crippen LogP contribution is 2.39. The Balaban J connectivity index is 1.48. The van der Waals surface area contributed by atoms with Crippen molar-refractivity contribution in [1.29, 1.82) is 0 Å². The maximum atomic E-state index is 12.9. The number of para-hydroxylation sites is 1. The third-order valence-electron chi connectivity index (χ3n) is 5.84. The van der Waals surface area contributed by atoms with Gasteiger partial charge in [0.2, 0.25) is 0 Å². The van der Waals surface area contributed by atoms with Gasteiger partial charge in [0, 0.05) is 43.1 Å². The topological polar surface area (TPSA) is 72.7 Å². The van der Waals surface area contributed by atoms with Crippen LogP contribution in [0.25, 0.3) is 0 Å². The monoisotopic (exact) mass is 366 g/mol. The molecule has 0 atom stereocenters. The van der Waals surface area contributed by atoms with E-state index >= 15 is 0 Å². The summed E-state index contributed by atoms with van der Waals surface area (Å²) >= 11 is 0. The molecule has 0 N–H and O–H groups in total. The van der Waals surface area contributed by atoms with E-state index in [1.807, 2.05) is 18.2 Å². The molecular formula is C21H22N2O4. The predicted molar refractivity (Wildman–Crippen MR) is 101 cm³/mol. The first-order valence-corrected chi connectivity index (χ1v) is 9.29. The van der Waals surface area contributed by atoms with Crippen molar-refractivity contribution in [1.82, 2.24) is 4.90 Å². The van der Waals surface area contributed by atoms with Crippen LogP contribution in [0.3, 0.4) is 0 Å². The Labute approximate surface area is 157 Å². The minimum absolute atomic E-state index is 0.0125. The van der Waals surface area contributed by atoms with Crippen molar-refractivity contribution in [2.24, 2.45) is 0 Å². The Kier molecular flexibility index (Phi) is 4.34. The van der Waals surface area contributed by atoms with Gasteiger partial charge in [-0.25, -0.2) is 0 Å². The second kappa shape index (κ2) is 6.68. The number of fused-ring (bicyclic) bond motifs is 1. The van der Waals surface area contributed by atoms with Crippen LogP contribution in [0.4, 0.5) is 5.69 Å². The Bertz CT molecular complexity index is 901. The summed E-state index contributed by atoms with van der Waals surface area (Å²) in [5, 5.41) is 11.1. The molecule has 140 valence electrons. The molecule has 2 aromatic carbocycles. The molecule has 1 fully saturated rings. The zero-order chi connectivity index (χ0) is 19.0. The molecule has 2 aliphatic heterocycles. The first-order chi connectivity index (χ1) is 13.0. The molecule has 0 unspecified atom stereocenters.